The number of carbonyl (C=O) groups excluding carboxylic acids is 1. The number of nitrogens with zero attached hydrogens (tertiary/aromatic N) is 1. The van der Waals surface area contributed by atoms with Gasteiger partial charge in [0.1, 0.15) is 0 Å². The van der Waals surface area contributed by atoms with Gasteiger partial charge >= 0.3 is 0 Å². The van der Waals surface area contributed by atoms with Crippen LogP contribution in [0.15, 0.2) is 0 Å². The Balaban J connectivity index is 1.66. The van der Waals surface area contributed by atoms with Crippen molar-refractivity contribution in [2.45, 2.75) is 6.92 Å². The predicted molar refractivity (Wildman–Crippen MR) is 55.0 cm³/mol. The van der Waals surface area contributed by atoms with E-state index in [0.717, 1.165) is 24.9 Å². The summed E-state index contributed by atoms with van der Waals surface area (Å²) >= 11 is 0. The molecule has 2 unspecified atom stereocenters. The molecule has 4 heteroatoms. The summed E-state index contributed by atoms with van der Waals surface area (Å²) in [6, 6.07) is 0. The predicted octanol–water partition coefficient (Wildman–Crippen LogP) is -0.726. The highest BCUT2D eigenvalue weighted by atomic mass is 16.1. The molecule has 0 spiro atoms. The Morgan fingerprint density at radius 1 is 1.43 bits per heavy atom. The van der Waals surface area contributed by atoms with Crippen molar-refractivity contribution in [2.24, 2.45) is 11.8 Å². The third kappa shape index (κ3) is 2.25. The first-order valence-electron chi connectivity index (χ1n) is 5.43. The lowest BCUT2D eigenvalue weighted by atomic mass is 10.0. The molecule has 0 aliphatic carbocycles. The summed E-state index contributed by atoms with van der Waals surface area (Å²) in [5.41, 5.74) is 0. The zero-order chi connectivity index (χ0) is 9.97. The van der Waals surface area contributed by atoms with Crippen molar-refractivity contribution >= 4 is 5.91 Å². The van der Waals surface area contributed by atoms with E-state index in [-0.39, 0.29) is 5.91 Å². The molecule has 14 heavy (non-hydrogen) atoms. The quantitative estimate of drug-likeness (QED) is 0.627. The van der Waals surface area contributed by atoms with E-state index >= 15 is 0 Å². The maximum atomic E-state index is 10.7. The highest BCUT2D eigenvalue weighted by Gasteiger charge is 2.35. The molecule has 2 N–H and O–H groups in total. The van der Waals surface area contributed by atoms with Crippen molar-refractivity contribution in [3.63, 3.8) is 0 Å². The summed E-state index contributed by atoms with van der Waals surface area (Å²) in [5, 5.41) is 6.26. The molecule has 80 valence electrons. The van der Waals surface area contributed by atoms with Crippen molar-refractivity contribution in [1.29, 1.82) is 0 Å². The van der Waals surface area contributed by atoms with Gasteiger partial charge in [-0.05, 0) is 24.9 Å². The highest BCUT2D eigenvalue weighted by Crippen LogP contribution is 2.25. The molecular weight excluding hydrogens is 178 g/mol. The number of likely N-dealkylation sites (tertiary alicyclic amines) is 1. The van der Waals surface area contributed by atoms with Crippen LogP contribution in [0.1, 0.15) is 6.92 Å². The normalized spacial score (nSPS) is 31.8. The second kappa shape index (κ2) is 4.28. The molecule has 0 aromatic heterocycles. The van der Waals surface area contributed by atoms with Crippen LogP contribution in [0.5, 0.6) is 0 Å². The molecule has 2 saturated heterocycles. The first-order chi connectivity index (χ1) is 6.75. The van der Waals surface area contributed by atoms with Gasteiger partial charge in [0.2, 0.25) is 5.91 Å². The maximum absolute atomic E-state index is 10.7. The van der Waals surface area contributed by atoms with Crippen molar-refractivity contribution in [2.75, 3.05) is 39.3 Å². The molecular formula is C10H19N3O. The van der Waals surface area contributed by atoms with E-state index < -0.39 is 0 Å². The molecule has 0 radical (unpaired) electrons. The van der Waals surface area contributed by atoms with Crippen LogP contribution < -0.4 is 10.6 Å². The number of amides is 1. The lowest BCUT2D eigenvalue weighted by Crippen LogP contribution is -2.34. The summed E-state index contributed by atoms with van der Waals surface area (Å²) in [5.74, 6) is 1.78. The third-order valence-corrected chi connectivity index (χ3v) is 3.27. The van der Waals surface area contributed by atoms with E-state index in [1.807, 2.05) is 0 Å². The zero-order valence-electron chi connectivity index (χ0n) is 8.75. The summed E-state index contributed by atoms with van der Waals surface area (Å²) in [6.07, 6.45) is 0. The van der Waals surface area contributed by atoms with Crippen LogP contribution in [0.4, 0.5) is 0 Å². The Hall–Kier alpha value is -0.610. The summed E-state index contributed by atoms with van der Waals surface area (Å²) in [7, 11) is 0. The summed E-state index contributed by atoms with van der Waals surface area (Å²) in [4.78, 5) is 13.1. The van der Waals surface area contributed by atoms with Gasteiger partial charge in [-0.15, -0.1) is 0 Å². The second-order valence-electron chi connectivity index (χ2n) is 4.42. The molecule has 0 saturated carbocycles. The topological polar surface area (TPSA) is 44.4 Å². The molecule has 2 aliphatic rings. The van der Waals surface area contributed by atoms with Gasteiger partial charge in [0, 0.05) is 33.1 Å². The van der Waals surface area contributed by atoms with E-state index in [1.54, 1.807) is 6.92 Å². The molecule has 1 amide bonds. The lowest BCUT2D eigenvalue weighted by Gasteiger charge is -2.16. The fourth-order valence-corrected chi connectivity index (χ4v) is 2.53. The first kappa shape index (κ1) is 9.93. The smallest absolute Gasteiger partial charge is 0.216 e. The molecule has 2 rings (SSSR count). The molecule has 2 fully saturated rings. The Morgan fingerprint density at radius 2 is 2.07 bits per heavy atom. The van der Waals surface area contributed by atoms with Crippen LogP contribution in [-0.2, 0) is 4.79 Å². The van der Waals surface area contributed by atoms with Gasteiger partial charge in [0.15, 0.2) is 0 Å². The molecule has 4 nitrogen and oxygen atoms in total. The van der Waals surface area contributed by atoms with Crippen LogP contribution in [-0.4, -0.2) is 50.1 Å². The van der Waals surface area contributed by atoms with Crippen LogP contribution in [0.3, 0.4) is 0 Å². The second-order valence-corrected chi connectivity index (χ2v) is 4.42. The van der Waals surface area contributed by atoms with Gasteiger partial charge in [-0.3, -0.25) is 4.79 Å². The van der Waals surface area contributed by atoms with E-state index in [2.05, 4.69) is 15.5 Å². The zero-order valence-corrected chi connectivity index (χ0v) is 8.75. The summed E-state index contributed by atoms with van der Waals surface area (Å²) < 4.78 is 0. The number of carbonyl (C=O) groups is 1. The minimum atomic E-state index is 0.0751. The average Bonchev–Trinajstić information content (AvgIpc) is 2.62. The number of rotatable bonds is 3. The van der Waals surface area contributed by atoms with E-state index in [0.29, 0.717) is 0 Å². The molecule has 0 aromatic rings. The van der Waals surface area contributed by atoms with Crippen molar-refractivity contribution in [1.82, 2.24) is 15.5 Å². The van der Waals surface area contributed by atoms with Crippen LogP contribution in [0.25, 0.3) is 0 Å². The number of hydrogen-bond acceptors (Lipinski definition) is 3. The van der Waals surface area contributed by atoms with Crippen LogP contribution in [0.2, 0.25) is 0 Å². The minimum Gasteiger partial charge on any atom is -0.355 e. The fraction of sp³-hybridized carbons (Fsp3) is 0.900. The Kier molecular flexibility index (Phi) is 3.03. The lowest BCUT2D eigenvalue weighted by molar-refractivity contribution is -0.119. The molecule has 2 atom stereocenters. The molecule has 2 aliphatic heterocycles. The van der Waals surface area contributed by atoms with Gasteiger partial charge < -0.3 is 15.5 Å². The number of nitrogens with one attached hydrogen (secondary N) is 2. The molecule has 0 bridgehead atoms. The van der Waals surface area contributed by atoms with Crippen LogP contribution >= 0.6 is 0 Å². The van der Waals surface area contributed by atoms with E-state index in [1.165, 1.54) is 26.2 Å². The number of hydrogen-bond donors (Lipinski definition) is 2. The largest absolute Gasteiger partial charge is 0.355 e. The Bertz CT molecular complexity index is 207. The van der Waals surface area contributed by atoms with Gasteiger partial charge in [-0.1, -0.05) is 0 Å². The van der Waals surface area contributed by atoms with Crippen molar-refractivity contribution in [3.05, 3.63) is 0 Å². The Labute approximate surface area is 85.0 Å². The van der Waals surface area contributed by atoms with Gasteiger partial charge in [-0.25, -0.2) is 0 Å². The van der Waals surface area contributed by atoms with Crippen molar-refractivity contribution in [3.8, 4) is 0 Å². The standard InChI is InChI=1S/C10H19N3O/c1-8(14)12-2-3-13-6-9-4-11-5-10(9)7-13/h9-11H,2-7H2,1H3,(H,12,14). The van der Waals surface area contributed by atoms with E-state index in [4.69, 9.17) is 0 Å². The SMILES string of the molecule is CC(=O)NCCN1CC2CNCC2C1. The van der Waals surface area contributed by atoms with Gasteiger partial charge in [0.25, 0.3) is 0 Å². The third-order valence-electron chi connectivity index (χ3n) is 3.27. The van der Waals surface area contributed by atoms with Crippen LogP contribution in [0, 0.1) is 11.8 Å². The molecule has 2 heterocycles. The van der Waals surface area contributed by atoms with Gasteiger partial charge in [-0.2, -0.15) is 0 Å². The molecule has 0 aromatic carbocycles. The first-order valence-corrected chi connectivity index (χ1v) is 5.43. The fourth-order valence-electron chi connectivity index (χ4n) is 2.53. The Morgan fingerprint density at radius 3 is 2.64 bits per heavy atom. The average molecular weight is 197 g/mol. The highest BCUT2D eigenvalue weighted by molar-refractivity contribution is 5.72. The number of fused-ring (bicyclic) bond motifs is 1. The van der Waals surface area contributed by atoms with Crippen molar-refractivity contribution < 1.29 is 4.79 Å². The monoisotopic (exact) mass is 197 g/mol. The maximum Gasteiger partial charge on any atom is 0.216 e. The van der Waals surface area contributed by atoms with E-state index in [9.17, 15) is 4.79 Å². The minimum absolute atomic E-state index is 0.0751. The summed E-state index contributed by atoms with van der Waals surface area (Å²) in [6.45, 7) is 8.15. The van der Waals surface area contributed by atoms with Gasteiger partial charge in [0.05, 0.1) is 0 Å².